The minimum absolute atomic E-state index is 0.325. The lowest BCUT2D eigenvalue weighted by molar-refractivity contribution is -0.0147. The normalized spacial score (nSPS) is 25.4. The van der Waals surface area contributed by atoms with Crippen LogP contribution < -0.4 is 4.74 Å². The van der Waals surface area contributed by atoms with E-state index in [2.05, 4.69) is 20.8 Å². The first kappa shape index (κ1) is 13.4. The van der Waals surface area contributed by atoms with Crippen LogP contribution in [0.4, 0.5) is 0 Å². The van der Waals surface area contributed by atoms with Crippen molar-refractivity contribution in [3.05, 3.63) is 29.8 Å². The van der Waals surface area contributed by atoms with Crippen LogP contribution in [0.5, 0.6) is 5.75 Å². The molecule has 1 aromatic carbocycles. The Labute approximate surface area is 110 Å². The molecular formula is C16H24O2. The van der Waals surface area contributed by atoms with Gasteiger partial charge in [-0.25, -0.2) is 0 Å². The van der Waals surface area contributed by atoms with E-state index in [-0.39, 0.29) is 6.10 Å². The van der Waals surface area contributed by atoms with Gasteiger partial charge >= 0.3 is 0 Å². The fraction of sp³-hybridized carbons (Fsp3) is 0.625. The average Bonchev–Trinajstić information content (AvgIpc) is 2.25. The molecule has 1 aliphatic carbocycles. The summed E-state index contributed by atoms with van der Waals surface area (Å²) in [5, 5.41) is 10.3. The van der Waals surface area contributed by atoms with E-state index in [9.17, 15) is 5.11 Å². The van der Waals surface area contributed by atoms with E-state index in [0.29, 0.717) is 11.3 Å². The standard InChI is InChI=1S/C16H24O2/c1-16(2,3)13-9-12(10-13)15(17)11-5-7-14(18-4)8-6-11/h5-8,12-13,15,17H,9-10H2,1-4H3. The highest BCUT2D eigenvalue weighted by molar-refractivity contribution is 5.29. The highest BCUT2D eigenvalue weighted by Gasteiger charge is 2.40. The molecule has 100 valence electrons. The summed E-state index contributed by atoms with van der Waals surface area (Å²) < 4.78 is 5.13. The van der Waals surface area contributed by atoms with Crippen molar-refractivity contribution in [3.8, 4) is 5.75 Å². The van der Waals surface area contributed by atoms with Crippen LogP contribution in [0.1, 0.15) is 45.3 Å². The molecule has 2 nitrogen and oxygen atoms in total. The quantitative estimate of drug-likeness (QED) is 0.881. The van der Waals surface area contributed by atoms with Crippen LogP contribution in [0, 0.1) is 17.3 Å². The van der Waals surface area contributed by atoms with Gasteiger partial charge in [-0.3, -0.25) is 0 Å². The van der Waals surface area contributed by atoms with Gasteiger partial charge < -0.3 is 9.84 Å². The van der Waals surface area contributed by atoms with E-state index in [1.807, 2.05) is 24.3 Å². The number of ether oxygens (including phenoxy) is 1. The van der Waals surface area contributed by atoms with Crippen LogP contribution in [0.15, 0.2) is 24.3 Å². The van der Waals surface area contributed by atoms with E-state index in [1.54, 1.807) is 7.11 Å². The van der Waals surface area contributed by atoms with Gasteiger partial charge in [0.25, 0.3) is 0 Å². The van der Waals surface area contributed by atoms with Crippen molar-refractivity contribution in [2.75, 3.05) is 7.11 Å². The highest BCUT2D eigenvalue weighted by atomic mass is 16.5. The third-order valence-electron chi connectivity index (χ3n) is 4.30. The molecule has 1 N–H and O–H groups in total. The van der Waals surface area contributed by atoms with Crippen molar-refractivity contribution >= 4 is 0 Å². The van der Waals surface area contributed by atoms with Gasteiger partial charge in [0.05, 0.1) is 13.2 Å². The lowest BCUT2D eigenvalue weighted by Crippen LogP contribution is -2.36. The predicted molar refractivity (Wildman–Crippen MR) is 73.6 cm³/mol. The lowest BCUT2D eigenvalue weighted by Gasteiger charge is -2.45. The second kappa shape index (κ2) is 4.93. The van der Waals surface area contributed by atoms with Crippen LogP contribution in [0.3, 0.4) is 0 Å². The summed E-state index contributed by atoms with van der Waals surface area (Å²) in [6.07, 6.45) is 1.95. The van der Waals surface area contributed by atoms with Gasteiger partial charge in [0, 0.05) is 0 Å². The summed E-state index contributed by atoms with van der Waals surface area (Å²) in [5.41, 5.74) is 1.38. The van der Waals surface area contributed by atoms with Crippen LogP contribution in [-0.4, -0.2) is 12.2 Å². The van der Waals surface area contributed by atoms with Gasteiger partial charge in [0.2, 0.25) is 0 Å². The van der Waals surface area contributed by atoms with Gasteiger partial charge in [-0.15, -0.1) is 0 Å². The van der Waals surface area contributed by atoms with Crippen molar-refractivity contribution in [1.82, 2.24) is 0 Å². The average molecular weight is 248 g/mol. The first-order valence-corrected chi connectivity index (χ1v) is 6.74. The SMILES string of the molecule is COc1ccc(C(O)C2CC(C(C)(C)C)C2)cc1. The Morgan fingerprint density at radius 3 is 2.17 bits per heavy atom. The number of aliphatic hydroxyl groups is 1. The molecule has 0 amide bonds. The first-order chi connectivity index (χ1) is 8.41. The van der Waals surface area contributed by atoms with E-state index in [4.69, 9.17) is 4.74 Å². The summed E-state index contributed by atoms with van der Waals surface area (Å²) in [5.74, 6) is 2.00. The molecule has 0 aromatic heterocycles. The number of hydrogen-bond acceptors (Lipinski definition) is 2. The molecule has 2 heteroatoms. The van der Waals surface area contributed by atoms with E-state index in [1.165, 1.54) is 0 Å². The second-order valence-corrected chi connectivity index (χ2v) is 6.51. The molecule has 1 aromatic rings. The smallest absolute Gasteiger partial charge is 0.118 e. The van der Waals surface area contributed by atoms with Crippen molar-refractivity contribution in [3.63, 3.8) is 0 Å². The fourth-order valence-electron chi connectivity index (χ4n) is 2.70. The molecule has 2 rings (SSSR count). The molecule has 1 fully saturated rings. The molecule has 0 radical (unpaired) electrons. The third-order valence-corrected chi connectivity index (χ3v) is 4.30. The summed E-state index contributed by atoms with van der Waals surface area (Å²) in [6, 6.07) is 7.76. The Morgan fingerprint density at radius 1 is 1.17 bits per heavy atom. The zero-order valence-corrected chi connectivity index (χ0v) is 11.8. The molecule has 1 atom stereocenters. The zero-order valence-electron chi connectivity index (χ0n) is 11.8. The molecule has 1 aliphatic rings. The van der Waals surface area contributed by atoms with Gasteiger partial charge in [-0.05, 0) is 47.8 Å². The van der Waals surface area contributed by atoms with Crippen molar-refractivity contribution in [1.29, 1.82) is 0 Å². The molecule has 0 spiro atoms. The molecule has 0 heterocycles. The van der Waals surface area contributed by atoms with Gasteiger partial charge in [-0.1, -0.05) is 32.9 Å². The third kappa shape index (κ3) is 2.69. The van der Waals surface area contributed by atoms with Crippen LogP contribution in [-0.2, 0) is 0 Å². The lowest BCUT2D eigenvalue weighted by atomic mass is 9.61. The van der Waals surface area contributed by atoms with Crippen molar-refractivity contribution in [2.45, 2.75) is 39.7 Å². The van der Waals surface area contributed by atoms with Gasteiger partial charge in [-0.2, -0.15) is 0 Å². The number of benzene rings is 1. The summed E-state index contributed by atoms with van der Waals surface area (Å²) in [7, 11) is 1.66. The second-order valence-electron chi connectivity index (χ2n) is 6.51. The maximum Gasteiger partial charge on any atom is 0.118 e. The monoisotopic (exact) mass is 248 g/mol. The zero-order chi connectivity index (χ0) is 13.3. The first-order valence-electron chi connectivity index (χ1n) is 6.74. The van der Waals surface area contributed by atoms with Gasteiger partial charge in [0.15, 0.2) is 0 Å². The summed E-state index contributed by atoms with van der Waals surface area (Å²) in [4.78, 5) is 0. The minimum Gasteiger partial charge on any atom is -0.497 e. The van der Waals surface area contributed by atoms with E-state index < -0.39 is 0 Å². The highest BCUT2D eigenvalue weighted by Crippen LogP contribution is 2.49. The maximum atomic E-state index is 10.3. The molecule has 18 heavy (non-hydrogen) atoms. The predicted octanol–water partition coefficient (Wildman–Crippen LogP) is 3.80. The summed E-state index contributed by atoms with van der Waals surface area (Å²) >= 11 is 0. The fourth-order valence-corrected chi connectivity index (χ4v) is 2.70. The number of methoxy groups -OCH3 is 1. The Balaban J connectivity index is 1.95. The molecule has 1 unspecified atom stereocenters. The summed E-state index contributed by atoms with van der Waals surface area (Å²) in [6.45, 7) is 6.86. The molecule has 0 aliphatic heterocycles. The number of hydrogen-bond donors (Lipinski definition) is 1. The maximum absolute atomic E-state index is 10.3. The van der Waals surface area contributed by atoms with Crippen LogP contribution >= 0.6 is 0 Å². The van der Waals surface area contributed by atoms with Gasteiger partial charge in [0.1, 0.15) is 5.75 Å². The Hall–Kier alpha value is -1.02. The number of rotatable bonds is 3. The Kier molecular flexibility index (Phi) is 3.67. The van der Waals surface area contributed by atoms with Crippen LogP contribution in [0.2, 0.25) is 0 Å². The molecule has 1 saturated carbocycles. The van der Waals surface area contributed by atoms with Crippen molar-refractivity contribution < 1.29 is 9.84 Å². The number of aliphatic hydroxyl groups excluding tert-OH is 1. The minimum atomic E-state index is -0.325. The van der Waals surface area contributed by atoms with E-state index >= 15 is 0 Å². The Morgan fingerprint density at radius 2 is 1.72 bits per heavy atom. The largest absolute Gasteiger partial charge is 0.497 e. The molecule has 0 saturated heterocycles. The van der Waals surface area contributed by atoms with Crippen LogP contribution in [0.25, 0.3) is 0 Å². The topological polar surface area (TPSA) is 29.5 Å². The molecule has 0 bridgehead atoms. The van der Waals surface area contributed by atoms with Crippen molar-refractivity contribution in [2.24, 2.45) is 17.3 Å². The van der Waals surface area contributed by atoms with E-state index in [0.717, 1.165) is 30.1 Å². The molecular weight excluding hydrogens is 224 g/mol. The Bertz CT molecular complexity index is 383.